The van der Waals surface area contributed by atoms with Crippen LogP contribution in [0.5, 0.6) is 0 Å². The number of hydrogen-bond donors (Lipinski definition) is 1. The van der Waals surface area contributed by atoms with Crippen molar-refractivity contribution in [2.45, 2.75) is 13.8 Å². The summed E-state index contributed by atoms with van der Waals surface area (Å²) in [5.74, 6) is -0.407. The van der Waals surface area contributed by atoms with Gasteiger partial charge < -0.3 is 5.32 Å². The number of carbonyl (C=O) groups excluding carboxylic acids is 1. The molecule has 3 aromatic carbocycles. The van der Waals surface area contributed by atoms with Gasteiger partial charge in [0.25, 0.3) is 11.6 Å². The molecule has 6 heteroatoms. The van der Waals surface area contributed by atoms with E-state index in [1.165, 1.54) is 6.07 Å². The third-order valence-corrected chi connectivity index (χ3v) is 5.01. The third kappa shape index (κ3) is 3.51. The predicted octanol–water partition coefficient (Wildman–Crippen LogP) is 5.68. The minimum atomic E-state index is -0.491. The summed E-state index contributed by atoms with van der Waals surface area (Å²) in [5, 5.41) is 14.9. The zero-order valence-electron chi connectivity index (χ0n) is 16.5. The number of pyridine rings is 1. The Morgan fingerprint density at radius 1 is 0.967 bits per heavy atom. The highest BCUT2D eigenvalue weighted by molar-refractivity contribution is 6.15. The molecule has 6 nitrogen and oxygen atoms in total. The van der Waals surface area contributed by atoms with Crippen LogP contribution in [-0.2, 0) is 0 Å². The van der Waals surface area contributed by atoms with Crippen LogP contribution in [0, 0.1) is 24.0 Å². The van der Waals surface area contributed by atoms with Crippen molar-refractivity contribution in [3.63, 3.8) is 0 Å². The van der Waals surface area contributed by atoms with Gasteiger partial charge in [0.05, 0.1) is 21.7 Å². The first-order valence-corrected chi connectivity index (χ1v) is 9.47. The number of anilines is 1. The highest BCUT2D eigenvalue weighted by Gasteiger charge is 2.22. The van der Waals surface area contributed by atoms with E-state index >= 15 is 0 Å². The van der Waals surface area contributed by atoms with Crippen molar-refractivity contribution < 1.29 is 9.72 Å². The lowest BCUT2D eigenvalue weighted by Crippen LogP contribution is -2.16. The summed E-state index contributed by atoms with van der Waals surface area (Å²) in [5.41, 5.74) is 4.23. The second-order valence-corrected chi connectivity index (χ2v) is 7.08. The summed E-state index contributed by atoms with van der Waals surface area (Å²) in [7, 11) is 0. The molecule has 0 aliphatic heterocycles. The minimum Gasteiger partial charge on any atom is -0.316 e. The van der Waals surface area contributed by atoms with E-state index < -0.39 is 10.8 Å². The quantitative estimate of drug-likeness (QED) is 0.355. The fraction of sp³-hybridized carbons (Fsp3) is 0.0833. The van der Waals surface area contributed by atoms with Crippen LogP contribution in [0.15, 0.2) is 72.8 Å². The Labute approximate surface area is 173 Å². The number of hydrogen-bond acceptors (Lipinski definition) is 4. The molecule has 0 unspecified atom stereocenters. The lowest BCUT2D eigenvalue weighted by atomic mass is 9.97. The number of fused-ring (bicyclic) bond motifs is 1. The molecule has 30 heavy (non-hydrogen) atoms. The Morgan fingerprint density at radius 2 is 1.67 bits per heavy atom. The van der Waals surface area contributed by atoms with Crippen molar-refractivity contribution in [1.29, 1.82) is 0 Å². The van der Waals surface area contributed by atoms with Crippen LogP contribution in [0.4, 0.5) is 11.4 Å². The summed E-state index contributed by atoms with van der Waals surface area (Å²) < 4.78 is 0. The van der Waals surface area contributed by atoms with E-state index in [1.807, 2.05) is 61.5 Å². The van der Waals surface area contributed by atoms with Gasteiger partial charge in [-0.25, -0.2) is 4.98 Å². The number of nitro benzene ring substituents is 1. The number of carbonyl (C=O) groups is 1. The second kappa shape index (κ2) is 7.75. The number of benzene rings is 3. The zero-order valence-corrected chi connectivity index (χ0v) is 16.5. The number of nitrogens with one attached hydrogen (secondary N) is 1. The standard InChI is InChI=1S/C24H19N3O3/c1-15-12-13-20(21(14-15)27(29)30)26-24(28)22-16(2)23(17-8-4-3-5-9-17)25-19-11-7-6-10-18(19)22/h3-14H,1-2H3,(H,26,28). The van der Waals surface area contributed by atoms with Crippen molar-refractivity contribution in [3.05, 3.63) is 99.6 Å². The normalized spacial score (nSPS) is 10.7. The van der Waals surface area contributed by atoms with E-state index in [4.69, 9.17) is 4.98 Å². The van der Waals surface area contributed by atoms with Crippen LogP contribution in [0.2, 0.25) is 0 Å². The number of aryl methyl sites for hydroxylation is 1. The van der Waals surface area contributed by atoms with Crippen LogP contribution in [-0.4, -0.2) is 15.8 Å². The van der Waals surface area contributed by atoms with Crippen LogP contribution < -0.4 is 5.32 Å². The first-order chi connectivity index (χ1) is 14.5. The molecule has 1 heterocycles. The van der Waals surface area contributed by atoms with Gasteiger partial charge in [-0.2, -0.15) is 0 Å². The molecule has 1 aromatic heterocycles. The summed E-state index contributed by atoms with van der Waals surface area (Å²) in [4.78, 5) is 29.1. The molecule has 0 atom stereocenters. The highest BCUT2D eigenvalue weighted by Crippen LogP contribution is 2.31. The molecule has 0 aliphatic carbocycles. The van der Waals surface area contributed by atoms with Gasteiger partial charge in [-0.05, 0) is 37.1 Å². The lowest BCUT2D eigenvalue weighted by molar-refractivity contribution is -0.384. The van der Waals surface area contributed by atoms with E-state index in [9.17, 15) is 14.9 Å². The van der Waals surface area contributed by atoms with Crippen LogP contribution in [0.3, 0.4) is 0 Å². The largest absolute Gasteiger partial charge is 0.316 e. The van der Waals surface area contributed by atoms with Crippen molar-refractivity contribution in [3.8, 4) is 11.3 Å². The molecule has 1 amide bonds. The monoisotopic (exact) mass is 397 g/mol. The molecule has 0 aliphatic rings. The fourth-order valence-corrected chi connectivity index (χ4v) is 3.56. The summed E-state index contributed by atoms with van der Waals surface area (Å²) >= 11 is 0. The maximum atomic E-state index is 13.3. The summed E-state index contributed by atoms with van der Waals surface area (Å²) in [6.45, 7) is 3.62. The van der Waals surface area contributed by atoms with Crippen LogP contribution in [0.25, 0.3) is 22.2 Å². The number of rotatable bonds is 4. The first-order valence-electron chi connectivity index (χ1n) is 9.47. The van der Waals surface area contributed by atoms with Gasteiger partial charge in [-0.3, -0.25) is 14.9 Å². The summed E-state index contributed by atoms with van der Waals surface area (Å²) in [6, 6.07) is 21.8. The lowest BCUT2D eigenvalue weighted by Gasteiger charge is -2.15. The predicted molar refractivity (Wildman–Crippen MR) is 118 cm³/mol. The van der Waals surface area contributed by atoms with Crippen LogP contribution in [0.1, 0.15) is 21.5 Å². The number of nitrogens with zero attached hydrogens (tertiary/aromatic N) is 2. The van der Waals surface area contributed by atoms with E-state index in [1.54, 1.807) is 19.1 Å². The van der Waals surface area contributed by atoms with E-state index in [-0.39, 0.29) is 11.4 Å². The number of nitro groups is 1. The molecule has 0 radical (unpaired) electrons. The SMILES string of the molecule is Cc1ccc(NC(=O)c2c(C)c(-c3ccccc3)nc3ccccc23)c([N+](=O)[O-])c1. The molecule has 0 saturated heterocycles. The van der Waals surface area contributed by atoms with Gasteiger partial charge in [0.2, 0.25) is 0 Å². The maximum Gasteiger partial charge on any atom is 0.293 e. The number of amides is 1. The van der Waals surface area contributed by atoms with Gasteiger partial charge in [-0.1, -0.05) is 54.6 Å². The molecule has 0 bridgehead atoms. The zero-order chi connectivity index (χ0) is 21.3. The molecule has 1 N–H and O–H groups in total. The van der Waals surface area contributed by atoms with Gasteiger partial charge >= 0.3 is 0 Å². The van der Waals surface area contributed by atoms with Crippen molar-refractivity contribution in [2.24, 2.45) is 0 Å². The van der Waals surface area contributed by atoms with Gasteiger partial charge in [0, 0.05) is 17.0 Å². The topological polar surface area (TPSA) is 85.1 Å². The molecule has 148 valence electrons. The Morgan fingerprint density at radius 3 is 2.40 bits per heavy atom. The average Bonchev–Trinajstić information content (AvgIpc) is 2.75. The minimum absolute atomic E-state index is 0.136. The van der Waals surface area contributed by atoms with Crippen LogP contribution >= 0.6 is 0 Å². The Kier molecular flexibility index (Phi) is 4.98. The Hall–Kier alpha value is -4.06. The molecular weight excluding hydrogens is 378 g/mol. The smallest absolute Gasteiger partial charge is 0.293 e. The van der Waals surface area contributed by atoms with E-state index in [0.29, 0.717) is 27.7 Å². The Balaban J connectivity index is 1.87. The maximum absolute atomic E-state index is 13.3. The van der Waals surface area contributed by atoms with E-state index in [0.717, 1.165) is 11.1 Å². The van der Waals surface area contributed by atoms with Crippen molar-refractivity contribution >= 4 is 28.2 Å². The van der Waals surface area contributed by atoms with E-state index in [2.05, 4.69) is 5.32 Å². The number of aromatic nitrogens is 1. The van der Waals surface area contributed by atoms with Gasteiger partial charge in [0.15, 0.2) is 0 Å². The Bertz CT molecular complexity index is 1280. The summed E-state index contributed by atoms with van der Waals surface area (Å²) in [6.07, 6.45) is 0. The average molecular weight is 397 g/mol. The van der Waals surface area contributed by atoms with Gasteiger partial charge in [-0.15, -0.1) is 0 Å². The molecule has 0 spiro atoms. The molecule has 4 aromatic rings. The number of para-hydroxylation sites is 1. The molecule has 4 rings (SSSR count). The molecular formula is C24H19N3O3. The first kappa shape index (κ1) is 19.3. The molecule has 0 saturated carbocycles. The van der Waals surface area contributed by atoms with Crippen molar-refractivity contribution in [1.82, 2.24) is 4.98 Å². The molecule has 0 fully saturated rings. The van der Waals surface area contributed by atoms with Crippen molar-refractivity contribution in [2.75, 3.05) is 5.32 Å². The fourth-order valence-electron chi connectivity index (χ4n) is 3.56. The third-order valence-electron chi connectivity index (χ3n) is 5.01. The second-order valence-electron chi connectivity index (χ2n) is 7.08. The highest BCUT2D eigenvalue weighted by atomic mass is 16.6. The van der Waals surface area contributed by atoms with Gasteiger partial charge in [0.1, 0.15) is 5.69 Å².